The highest BCUT2D eigenvalue weighted by Gasteiger charge is 2.29. The summed E-state index contributed by atoms with van der Waals surface area (Å²) in [6.45, 7) is 15.5. The first-order valence-electron chi connectivity index (χ1n) is 7.59. The second kappa shape index (κ2) is 7.38. The van der Waals surface area contributed by atoms with Gasteiger partial charge in [0.1, 0.15) is 0 Å². The van der Waals surface area contributed by atoms with E-state index in [-0.39, 0.29) is 0 Å². The minimum Gasteiger partial charge on any atom is -0.316 e. The molecule has 2 nitrogen and oxygen atoms in total. The average molecular weight is 240 g/mol. The molecule has 17 heavy (non-hydrogen) atoms. The Hall–Kier alpha value is -0.0800. The molecule has 0 aromatic heterocycles. The SMILES string of the molecule is CCNCC(CC)(CC)CN1CCC(C)CC1. The molecule has 0 amide bonds. The first kappa shape index (κ1) is 15.0. The molecule has 1 aliphatic heterocycles. The van der Waals surface area contributed by atoms with Gasteiger partial charge in [0.25, 0.3) is 0 Å². The van der Waals surface area contributed by atoms with Crippen molar-refractivity contribution in [2.75, 3.05) is 32.7 Å². The maximum atomic E-state index is 3.56. The lowest BCUT2D eigenvalue weighted by atomic mass is 9.81. The van der Waals surface area contributed by atoms with Gasteiger partial charge in [0.05, 0.1) is 0 Å². The van der Waals surface area contributed by atoms with E-state index in [4.69, 9.17) is 0 Å². The van der Waals surface area contributed by atoms with E-state index in [2.05, 4.69) is 37.9 Å². The molecule has 1 rings (SSSR count). The summed E-state index contributed by atoms with van der Waals surface area (Å²) in [7, 11) is 0. The van der Waals surface area contributed by atoms with Gasteiger partial charge in [-0.1, -0.05) is 27.7 Å². The number of nitrogens with one attached hydrogen (secondary N) is 1. The third kappa shape index (κ3) is 4.59. The number of hydrogen-bond acceptors (Lipinski definition) is 2. The van der Waals surface area contributed by atoms with Gasteiger partial charge in [-0.3, -0.25) is 0 Å². The van der Waals surface area contributed by atoms with E-state index in [1.165, 1.54) is 51.9 Å². The van der Waals surface area contributed by atoms with E-state index in [0.717, 1.165) is 12.5 Å². The Morgan fingerprint density at radius 2 is 1.71 bits per heavy atom. The molecular formula is C15H32N2. The van der Waals surface area contributed by atoms with E-state index in [1.54, 1.807) is 0 Å². The fourth-order valence-corrected chi connectivity index (χ4v) is 2.86. The molecule has 102 valence electrons. The Morgan fingerprint density at radius 3 is 2.18 bits per heavy atom. The number of piperidine rings is 1. The number of nitrogens with zero attached hydrogens (tertiary/aromatic N) is 1. The maximum Gasteiger partial charge on any atom is 0.00499 e. The van der Waals surface area contributed by atoms with Crippen LogP contribution in [0.1, 0.15) is 53.4 Å². The van der Waals surface area contributed by atoms with Gasteiger partial charge in [-0.15, -0.1) is 0 Å². The molecule has 0 atom stereocenters. The van der Waals surface area contributed by atoms with Gasteiger partial charge in [0.15, 0.2) is 0 Å². The summed E-state index contributed by atoms with van der Waals surface area (Å²) in [6.07, 6.45) is 5.38. The molecule has 0 spiro atoms. The quantitative estimate of drug-likeness (QED) is 0.735. The van der Waals surface area contributed by atoms with Crippen molar-refractivity contribution in [1.29, 1.82) is 0 Å². The molecule has 0 bridgehead atoms. The van der Waals surface area contributed by atoms with Gasteiger partial charge in [0.2, 0.25) is 0 Å². The predicted octanol–water partition coefficient (Wildman–Crippen LogP) is 3.13. The first-order valence-corrected chi connectivity index (χ1v) is 7.59. The van der Waals surface area contributed by atoms with Crippen LogP contribution in [0.3, 0.4) is 0 Å². The van der Waals surface area contributed by atoms with Crippen LogP contribution in [0.4, 0.5) is 0 Å². The van der Waals surface area contributed by atoms with Gasteiger partial charge < -0.3 is 10.2 Å². The number of hydrogen-bond donors (Lipinski definition) is 1. The van der Waals surface area contributed by atoms with E-state index >= 15 is 0 Å². The van der Waals surface area contributed by atoms with Crippen LogP contribution in [0.25, 0.3) is 0 Å². The zero-order valence-corrected chi connectivity index (χ0v) is 12.4. The van der Waals surface area contributed by atoms with Crippen LogP contribution in [0.2, 0.25) is 0 Å². The van der Waals surface area contributed by atoms with Gasteiger partial charge >= 0.3 is 0 Å². The summed E-state index contributed by atoms with van der Waals surface area (Å²) in [5, 5.41) is 3.56. The van der Waals surface area contributed by atoms with E-state index < -0.39 is 0 Å². The molecule has 0 unspecified atom stereocenters. The normalized spacial score (nSPS) is 19.8. The number of likely N-dealkylation sites (tertiary alicyclic amines) is 1. The molecular weight excluding hydrogens is 208 g/mol. The molecule has 0 saturated carbocycles. The van der Waals surface area contributed by atoms with Crippen molar-refractivity contribution in [1.82, 2.24) is 10.2 Å². The lowest BCUT2D eigenvalue weighted by Gasteiger charge is -2.40. The molecule has 1 aliphatic rings. The third-order valence-corrected chi connectivity index (χ3v) is 4.69. The molecule has 1 heterocycles. The van der Waals surface area contributed by atoms with Crippen LogP contribution in [-0.2, 0) is 0 Å². The Morgan fingerprint density at radius 1 is 1.12 bits per heavy atom. The molecule has 0 radical (unpaired) electrons. The monoisotopic (exact) mass is 240 g/mol. The van der Waals surface area contributed by atoms with Crippen molar-refractivity contribution in [3.05, 3.63) is 0 Å². The zero-order valence-electron chi connectivity index (χ0n) is 12.4. The minimum absolute atomic E-state index is 0.497. The molecule has 1 N–H and O–H groups in total. The summed E-state index contributed by atoms with van der Waals surface area (Å²) >= 11 is 0. The fourth-order valence-electron chi connectivity index (χ4n) is 2.86. The zero-order chi connectivity index (χ0) is 12.7. The standard InChI is InChI=1S/C15H32N2/c1-5-15(6-2,12-16-7-3)13-17-10-8-14(4)9-11-17/h14,16H,5-13H2,1-4H3. The van der Waals surface area contributed by atoms with Crippen LogP contribution in [-0.4, -0.2) is 37.6 Å². The van der Waals surface area contributed by atoms with Gasteiger partial charge in [-0.2, -0.15) is 0 Å². The highest BCUT2D eigenvalue weighted by Crippen LogP contribution is 2.29. The Kier molecular flexibility index (Phi) is 6.50. The third-order valence-electron chi connectivity index (χ3n) is 4.69. The Balaban J connectivity index is 2.47. The van der Waals surface area contributed by atoms with Crippen molar-refractivity contribution in [2.24, 2.45) is 11.3 Å². The molecule has 2 heteroatoms. The van der Waals surface area contributed by atoms with Crippen LogP contribution < -0.4 is 5.32 Å². The summed E-state index contributed by atoms with van der Waals surface area (Å²) < 4.78 is 0. The van der Waals surface area contributed by atoms with Crippen molar-refractivity contribution >= 4 is 0 Å². The molecule has 1 fully saturated rings. The van der Waals surface area contributed by atoms with E-state index in [1.807, 2.05) is 0 Å². The largest absolute Gasteiger partial charge is 0.316 e. The van der Waals surface area contributed by atoms with Crippen LogP contribution in [0, 0.1) is 11.3 Å². The molecule has 0 aliphatic carbocycles. The molecule has 0 aromatic rings. The summed E-state index contributed by atoms with van der Waals surface area (Å²) in [4.78, 5) is 2.70. The highest BCUT2D eigenvalue weighted by molar-refractivity contribution is 4.84. The van der Waals surface area contributed by atoms with Gasteiger partial charge in [0, 0.05) is 13.1 Å². The van der Waals surface area contributed by atoms with Gasteiger partial charge in [-0.05, 0) is 56.7 Å². The smallest absolute Gasteiger partial charge is 0.00499 e. The Labute approximate surface area is 108 Å². The van der Waals surface area contributed by atoms with Crippen molar-refractivity contribution < 1.29 is 0 Å². The second-order valence-corrected chi connectivity index (χ2v) is 5.95. The average Bonchev–Trinajstić information content (AvgIpc) is 2.37. The lowest BCUT2D eigenvalue weighted by molar-refractivity contribution is 0.104. The number of rotatable bonds is 7. The van der Waals surface area contributed by atoms with Crippen molar-refractivity contribution in [3.8, 4) is 0 Å². The molecule has 1 saturated heterocycles. The van der Waals surface area contributed by atoms with Gasteiger partial charge in [-0.25, -0.2) is 0 Å². The minimum atomic E-state index is 0.497. The summed E-state index contributed by atoms with van der Waals surface area (Å²) in [6, 6.07) is 0. The topological polar surface area (TPSA) is 15.3 Å². The van der Waals surface area contributed by atoms with Crippen molar-refractivity contribution in [2.45, 2.75) is 53.4 Å². The van der Waals surface area contributed by atoms with E-state index in [9.17, 15) is 0 Å². The Bertz CT molecular complexity index is 191. The van der Waals surface area contributed by atoms with Crippen LogP contribution >= 0.6 is 0 Å². The lowest BCUT2D eigenvalue weighted by Crippen LogP contribution is -2.46. The predicted molar refractivity (Wildman–Crippen MR) is 76.4 cm³/mol. The molecule has 0 aromatic carbocycles. The highest BCUT2D eigenvalue weighted by atomic mass is 15.1. The van der Waals surface area contributed by atoms with Crippen LogP contribution in [0.5, 0.6) is 0 Å². The second-order valence-electron chi connectivity index (χ2n) is 5.95. The summed E-state index contributed by atoms with van der Waals surface area (Å²) in [5.74, 6) is 0.942. The fraction of sp³-hybridized carbons (Fsp3) is 1.00. The maximum absolute atomic E-state index is 3.56. The van der Waals surface area contributed by atoms with Crippen LogP contribution in [0.15, 0.2) is 0 Å². The first-order chi connectivity index (χ1) is 8.15. The van der Waals surface area contributed by atoms with Crippen molar-refractivity contribution in [3.63, 3.8) is 0 Å². The van der Waals surface area contributed by atoms with E-state index in [0.29, 0.717) is 5.41 Å². The summed E-state index contributed by atoms with van der Waals surface area (Å²) in [5.41, 5.74) is 0.497.